The Kier molecular flexibility index (Phi) is 3.78. The Morgan fingerprint density at radius 2 is 1.58 bits per heavy atom. The van der Waals surface area contributed by atoms with Gasteiger partial charge in [-0.2, -0.15) is 0 Å². The molecule has 0 aromatic carbocycles. The maximum absolute atomic E-state index is 12.2. The molecule has 24 heavy (non-hydrogen) atoms. The lowest BCUT2D eigenvalue weighted by Gasteiger charge is -2.61. The number of ketones is 1. The Bertz CT molecular complexity index is 538. The van der Waals surface area contributed by atoms with Gasteiger partial charge in [0, 0.05) is 5.92 Å². The summed E-state index contributed by atoms with van der Waals surface area (Å²) in [6, 6.07) is 0. The normalized spacial score (nSPS) is 57.0. The Morgan fingerprint density at radius 1 is 0.875 bits per heavy atom. The molecule has 0 aromatic heterocycles. The standard InChI is InChI=1S/C22H36O2/c1-14(23)17-7-8-18-16-6-5-15-13-20(2,24)11-12-21(15,3)19(16)9-10-22(17,18)4/h15-19,24H,5-13H2,1-4H3/t15-,16+,17-,18+,19-,20-,21-,22-/m1/s1. The van der Waals surface area contributed by atoms with Crippen LogP contribution < -0.4 is 0 Å². The molecule has 0 spiro atoms. The lowest BCUT2D eigenvalue weighted by Crippen LogP contribution is -2.55. The minimum Gasteiger partial charge on any atom is -0.390 e. The van der Waals surface area contributed by atoms with Crippen molar-refractivity contribution in [2.75, 3.05) is 0 Å². The highest BCUT2D eigenvalue weighted by atomic mass is 16.3. The third kappa shape index (κ3) is 2.27. The van der Waals surface area contributed by atoms with Crippen molar-refractivity contribution in [3.05, 3.63) is 0 Å². The highest BCUT2D eigenvalue weighted by Gasteiger charge is 2.61. The van der Waals surface area contributed by atoms with Crippen LogP contribution in [0.4, 0.5) is 0 Å². The van der Waals surface area contributed by atoms with Crippen molar-refractivity contribution >= 4 is 5.78 Å². The highest BCUT2D eigenvalue weighted by Crippen LogP contribution is 2.68. The average molecular weight is 333 g/mol. The molecule has 2 heteroatoms. The third-order valence-corrected chi connectivity index (χ3v) is 9.44. The van der Waals surface area contributed by atoms with Crippen LogP contribution in [0.15, 0.2) is 0 Å². The third-order valence-electron chi connectivity index (χ3n) is 9.44. The lowest BCUT2D eigenvalue weighted by atomic mass is 9.44. The minimum atomic E-state index is -0.437. The number of carbonyl (C=O) groups excluding carboxylic acids is 1. The first-order valence-electron chi connectivity index (χ1n) is 10.4. The molecule has 8 atom stereocenters. The molecule has 0 amide bonds. The maximum atomic E-state index is 12.2. The van der Waals surface area contributed by atoms with Gasteiger partial charge in [-0.1, -0.05) is 13.8 Å². The summed E-state index contributed by atoms with van der Waals surface area (Å²) in [5.74, 6) is 3.89. The number of rotatable bonds is 1. The van der Waals surface area contributed by atoms with E-state index in [9.17, 15) is 9.90 Å². The van der Waals surface area contributed by atoms with Crippen LogP contribution >= 0.6 is 0 Å². The molecular weight excluding hydrogens is 296 g/mol. The molecule has 0 saturated heterocycles. The van der Waals surface area contributed by atoms with Crippen molar-refractivity contribution in [3.8, 4) is 0 Å². The van der Waals surface area contributed by atoms with Gasteiger partial charge in [-0.25, -0.2) is 0 Å². The van der Waals surface area contributed by atoms with Crippen molar-refractivity contribution < 1.29 is 9.90 Å². The summed E-state index contributed by atoms with van der Waals surface area (Å²) in [5, 5.41) is 10.6. The van der Waals surface area contributed by atoms with E-state index >= 15 is 0 Å². The van der Waals surface area contributed by atoms with E-state index in [-0.39, 0.29) is 5.41 Å². The predicted molar refractivity (Wildman–Crippen MR) is 96.5 cm³/mol. The fourth-order valence-electron chi connectivity index (χ4n) is 8.10. The van der Waals surface area contributed by atoms with Crippen LogP contribution in [0.1, 0.15) is 85.5 Å². The second kappa shape index (κ2) is 5.32. The van der Waals surface area contributed by atoms with Gasteiger partial charge in [0.25, 0.3) is 0 Å². The van der Waals surface area contributed by atoms with E-state index in [2.05, 4.69) is 13.8 Å². The Balaban J connectivity index is 1.61. The topological polar surface area (TPSA) is 37.3 Å². The quantitative estimate of drug-likeness (QED) is 0.735. The van der Waals surface area contributed by atoms with Crippen LogP contribution in [0, 0.1) is 40.4 Å². The molecule has 0 aliphatic heterocycles. The summed E-state index contributed by atoms with van der Waals surface area (Å²) in [4.78, 5) is 12.2. The number of fused-ring (bicyclic) bond motifs is 5. The van der Waals surface area contributed by atoms with E-state index in [1.165, 1.54) is 38.5 Å². The van der Waals surface area contributed by atoms with E-state index in [0.717, 1.165) is 37.0 Å². The largest absolute Gasteiger partial charge is 0.390 e. The summed E-state index contributed by atoms with van der Waals surface area (Å²) in [5.41, 5.74) is 0.268. The van der Waals surface area contributed by atoms with Crippen LogP contribution in [-0.4, -0.2) is 16.5 Å². The van der Waals surface area contributed by atoms with Crippen molar-refractivity contribution in [2.45, 2.75) is 91.1 Å². The van der Waals surface area contributed by atoms with Gasteiger partial charge in [0.05, 0.1) is 5.60 Å². The molecule has 2 nitrogen and oxygen atoms in total. The average Bonchev–Trinajstić information content (AvgIpc) is 2.85. The molecule has 0 radical (unpaired) electrons. The molecule has 1 N–H and O–H groups in total. The summed E-state index contributed by atoms with van der Waals surface area (Å²) in [6.45, 7) is 8.85. The SMILES string of the molecule is CC(=O)[C@H]1CC[C@H]2[C@@H]3CC[C@@H]4C[C@](C)(O)CC[C@@]4(C)[C@@H]3CC[C@]12C. The molecule has 4 fully saturated rings. The molecule has 0 bridgehead atoms. The van der Waals surface area contributed by atoms with Gasteiger partial charge in [0.2, 0.25) is 0 Å². The van der Waals surface area contributed by atoms with Gasteiger partial charge in [-0.05, 0) is 106 Å². The van der Waals surface area contributed by atoms with Gasteiger partial charge >= 0.3 is 0 Å². The molecule has 4 saturated carbocycles. The first-order valence-corrected chi connectivity index (χ1v) is 10.4. The Morgan fingerprint density at radius 3 is 2.29 bits per heavy atom. The summed E-state index contributed by atoms with van der Waals surface area (Å²) < 4.78 is 0. The van der Waals surface area contributed by atoms with E-state index in [1.54, 1.807) is 0 Å². The first kappa shape index (κ1) is 17.1. The van der Waals surface area contributed by atoms with Crippen LogP contribution in [0.5, 0.6) is 0 Å². The van der Waals surface area contributed by atoms with Crippen molar-refractivity contribution in [1.29, 1.82) is 0 Å². The second-order valence-electron chi connectivity index (χ2n) is 10.6. The van der Waals surface area contributed by atoms with E-state index in [1.807, 2.05) is 13.8 Å². The van der Waals surface area contributed by atoms with Crippen LogP contribution in [-0.2, 0) is 4.79 Å². The second-order valence-corrected chi connectivity index (χ2v) is 10.6. The number of aliphatic hydroxyl groups is 1. The number of hydrogen-bond acceptors (Lipinski definition) is 2. The maximum Gasteiger partial charge on any atom is 0.133 e. The van der Waals surface area contributed by atoms with Crippen molar-refractivity contribution in [3.63, 3.8) is 0 Å². The van der Waals surface area contributed by atoms with E-state index in [4.69, 9.17) is 0 Å². The fourth-order valence-corrected chi connectivity index (χ4v) is 8.10. The van der Waals surface area contributed by atoms with Crippen LogP contribution in [0.3, 0.4) is 0 Å². The lowest BCUT2D eigenvalue weighted by molar-refractivity contribution is -0.150. The number of carbonyl (C=O) groups is 1. The monoisotopic (exact) mass is 332 g/mol. The van der Waals surface area contributed by atoms with Gasteiger partial charge < -0.3 is 5.11 Å². The van der Waals surface area contributed by atoms with Gasteiger partial charge in [-0.15, -0.1) is 0 Å². The van der Waals surface area contributed by atoms with E-state index in [0.29, 0.717) is 23.0 Å². The first-order chi connectivity index (χ1) is 11.2. The minimum absolute atomic E-state index is 0.274. The zero-order chi connectivity index (χ0) is 17.3. The molecule has 4 aliphatic carbocycles. The summed E-state index contributed by atoms with van der Waals surface area (Å²) >= 11 is 0. The molecule has 4 aliphatic rings. The predicted octanol–water partition coefficient (Wildman–Crippen LogP) is 4.99. The molecule has 0 unspecified atom stereocenters. The molecule has 136 valence electrons. The zero-order valence-corrected chi connectivity index (χ0v) is 16.1. The molecular formula is C22H36O2. The number of Topliss-reactive ketones (excluding diaryl/α,β-unsaturated/α-hetero) is 1. The Labute approximate surface area is 147 Å². The van der Waals surface area contributed by atoms with Crippen molar-refractivity contribution in [2.24, 2.45) is 40.4 Å². The van der Waals surface area contributed by atoms with Crippen LogP contribution in [0.25, 0.3) is 0 Å². The summed E-state index contributed by atoms with van der Waals surface area (Å²) in [7, 11) is 0. The van der Waals surface area contributed by atoms with Crippen molar-refractivity contribution in [1.82, 2.24) is 0 Å². The number of hydrogen-bond donors (Lipinski definition) is 1. The fraction of sp³-hybridized carbons (Fsp3) is 0.955. The van der Waals surface area contributed by atoms with Gasteiger partial charge in [0.15, 0.2) is 0 Å². The molecule has 4 rings (SSSR count). The smallest absolute Gasteiger partial charge is 0.133 e. The zero-order valence-electron chi connectivity index (χ0n) is 16.1. The highest BCUT2D eigenvalue weighted by molar-refractivity contribution is 5.79. The van der Waals surface area contributed by atoms with Gasteiger partial charge in [-0.3, -0.25) is 4.79 Å². The Hall–Kier alpha value is -0.370. The molecule has 0 aromatic rings. The summed E-state index contributed by atoms with van der Waals surface area (Å²) in [6.07, 6.45) is 10.8. The van der Waals surface area contributed by atoms with E-state index < -0.39 is 5.60 Å². The van der Waals surface area contributed by atoms with Crippen LogP contribution in [0.2, 0.25) is 0 Å². The van der Waals surface area contributed by atoms with Gasteiger partial charge in [0.1, 0.15) is 5.78 Å². The molecule has 0 heterocycles.